The van der Waals surface area contributed by atoms with Gasteiger partial charge in [0.1, 0.15) is 6.29 Å². The summed E-state index contributed by atoms with van der Waals surface area (Å²) in [4.78, 5) is 11.6. The van der Waals surface area contributed by atoms with Crippen molar-refractivity contribution in [2.75, 3.05) is 12.5 Å². The fourth-order valence-corrected chi connectivity index (χ4v) is 3.54. The highest BCUT2D eigenvalue weighted by Gasteiger charge is 2.15. The molecule has 0 aliphatic rings. The van der Waals surface area contributed by atoms with Crippen molar-refractivity contribution < 1.29 is 13.2 Å². The fraction of sp³-hybridized carbons (Fsp3) is 0.417. The van der Waals surface area contributed by atoms with Gasteiger partial charge >= 0.3 is 0 Å². The molecule has 0 amide bonds. The number of rotatable bonds is 5. The van der Waals surface area contributed by atoms with Crippen molar-refractivity contribution in [3.05, 3.63) is 23.8 Å². The van der Waals surface area contributed by atoms with Crippen LogP contribution in [0.25, 0.3) is 0 Å². The first-order chi connectivity index (χ1) is 7.90. The van der Waals surface area contributed by atoms with E-state index in [9.17, 15) is 13.2 Å². The van der Waals surface area contributed by atoms with Crippen LogP contribution in [0.15, 0.2) is 28.0 Å². The van der Waals surface area contributed by atoms with Crippen molar-refractivity contribution in [1.29, 1.82) is 0 Å². The minimum Gasteiger partial charge on any atom is -0.303 e. The monoisotopic (exact) mass is 272 g/mol. The van der Waals surface area contributed by atoms with E-state index in [-0.39, 0.29) is 5.92 Å². The van der Waals surface area contributed by atoms with Gasteiger partial charge in [0, 0.05) is 17.6 Å². The van der Waals surface area contributed by atoms with Crippen LogP contribution in [0, 0.1) is 0 Å². The molecule has 0 aliphatic carbocycles. The summed E-state index contributed by atoms with van der Waals surface area (Å²) in [5.74, 6) is 0.118. The van der Waals surface area contributed by atoms with Gasteiger partial charge in [-0.15, -0.1) is 11.8 Å². The molecule has 5 heteroatoms. The summed E-state index contributed by atoms with van der Waals surface area (Å²) in [6.07, 6.45) is 4.38. The van der Waals surface area contributed by atoms with E-state index in [1.54, 1.807) is 12.1 Å². The number of sulfone groups is 1. The smallest absolute Gasteiger partial charge is 0.176 e. The first-order valence-electron chi connectivity index (χ1n) is 5.21. The van der Waals surface area contributed by atoms with Crippen LogP contribution in [0.5, 0.6) is 0 Å². The van der Waals surface area contributed by atoms with E-state index in [0.717, 1.165) is 16.7 Å². The number of benzene rings is 1. The number of hydrogen-bond donors (Lipinski definition) is 0. The van der Waals surface area contributed by atoms with Crippen LogP contribution in [-0.2, 0) is 14.6 Å². The van der Waals surface area contributed by atoms with Crippen LogP contribution in [0.3, 0.4) is 0 Å². The summed E-state index contributed by atoms with van der Waals surface area (Å²) in [7, 11) is -3.19. The van der Waals surface area contributed by atoms with Crippen molar-refractivity contribution >= 4 is 27.9 Å². The Balaban J connectivity index is 3.22. The Morgan fingerprint density at radius 3 is 2.53 bits per heavy atom. The molecule has 0 fully saturated rings. The molecule has 1 rings (SSSR count). The minimum absolute atomic E-state index is 0.118. The molecule has 0 bridgehead atoms. The predicted molar refractivity (Wildman–Crippen MR) is 70.4 cm³/mol. The molecule has 1 atom stereocenters. The summed E-state index contributed by atoms with van der Waals surface area (Å²) in [6.45, 7) is 1.95. The van der Waals surface area contributed by atoms with Gasteiger partial charge in [-0.3, -0.25) is 0 Å². The van der Waals surface area contributed by atoms with Crippen LogP contribution in [-0.4, -0.2) is 27.2 Å². The van der Waals surface area contributed by atoms with Gasteiger partial charge in [-0.1, -0.05) is 13.0 Å². The molecule has 0 N–H and O–H groups in total. The molecular formula is C12H16O3S2. The molecule has 1 aromatic carbocycles. The van der Waals surface area contributed by atoms with E-state index in [1.807, 2.05) is 19.2 Å². The van der Waals surface area contributed by atoms with E-state index < -0.39 is 9.84 Å². The predicted octanol–water partition coefficient (Wildman–Crippen LogP) is 2.50. The van der Waals surface area contributed by atoms with Crippen LogP contribution in [0.4, 0.5) is 0 Å². The molecule has 0 spiro atoms. The molecule has 94 valence electrons. The number of aldehydes is 1. The van der Waals surface area contributed by atoms with Crippen molar-refractivity contribution in [2.45, 2.75) is 29.1 Å². The second kappa shape index (κ2) is 5.69. The van der Waals surface area contributed by atoms with Crippen LogP contribution >= 0.6 is 11.8 Å². The Labute approximate surface area is 107 Å². The first-order valence-corrected chi connectivity index (χ1v) is 8.33. The highest BCUT2D eigenvalue weighted by atomic mass is 32.2. The molecule has 0 saturated heterocycles. The van der Waals surface area contributed by atoms with Gasteiger partial charge in [0.05, 0.1) is 4.90 Å². The Bertz CT molecular complexity index is 506. The summed E-state index contributed by atoms with van der Waals surface area (Å²) in [5, 5.41) is 0. The summed E-state index contributed by atoms with van der Waals surface area (Å²) >= 11 is 1.40. The normalized spacial score (nSPS) is 13.4. The zero-order chi connectivity index (χ0) is 13.1. The number of hydrogen-bond acceptors (Lipinski definition) is 4. The Morgan fingerprint density at radius 2 is 2.06 bits per heavy atom. The van der Waals surface area contributed by atoms with Gasteiger partial charge in [-0.2, -0.15) is 0 Å². The minimum atomic E-state index is -3.19. The lowest BCUT2D eigenvalue weighted by Gasteiger charge is -2.12. The fourth-order valence-electron chi connectivity index (χ4n) is 1.58. The third-order valence-corrected chi connectivity index (χ3v) is 4.67. The van der Waals surface area contributed by atoms with Crippen LogP contribution in [0.1, 0.15) is 24.8 Å². The molecule has 0 saturated carbocycles. The second-order valence-electron chi connectivity index (χ2n) is 3.99. The molecule has 17 heavy (non-hydrogen) atoms. The maximum absolute atomic E-state index is 11.5. The number of carbonyl (C=O) groups excluding carboxylic acids is 1. The van der Waals surface area contributed by atoms with Crippen LogP contribution in [0.2, 0.25) is 0 Å². The topological polar surface area (TPSA) is 51.2 Å². The molecule has 1 aromatic rings. The zero-order valence-electron chi connectivity index (χ0n) is 10.1. The average molecular weight is 272 g/mol. The average Bonchev–Trinajstić information content (AvgIpc) is 2.27. The summed E-state index contributed by atoms with van der Waals surface area (Å²) < 4.78 is 23.1. The molecule has 1 unspecified atom stereocenters. The van der Waals surface area contributed by atoms with Gasteiger partial charge in [-0.25, -0.2) is 8.42 Å². The lowest BCUT2D eigenvalue weighted by molar-refractivity contribution is -0.108. The molecule has 0 aliphatic heterocycles. The highest BCUT2D eigenvalue weighted by Crippen LogP contribution is 2.29. The maximum Gasteiger partial charge on any atom is 0.176 e. The van der Waals surface area contributed by atoms with E-state index in [4.69, 9.17) is 0 Å². The third-order valence-electron chi connectivity index (χ3n) is 2.61. The largest absolute Gasteiger partial charge is 0.303 e. The molecular weight excluding hydrogens is 256 g/mol. The van der Waals surface area contributed by atoms with Crippen molar-refractivity contribution in [2.24, 2.45) is 0 Å². The van der Waals surface area contributed by atoms with Gasteiger partial charge < -0.3 is 4.79 Å². The van der Waals surface area contributed by atoms with Crippen LogP contribution < -0.4 is 0 Å². The van der Waals surface area contributed by atoms with Crippen molar-refractivity contribution in [3.8, 4) is 0 Å². The molecule has 0 aromatic heterocycles. The highest BCUT2D eigenvalue weighted by molar-refractivity contribution is 7.99. The SMILES string of the molecule is CSc1cc(C(C)CC=O)ccc1S(C)(=O)=O. The third kappa shape index (κ3) is 3.57. The van der Waals surface area contributed by atoms with Crippen molar-refractivity contribution in [1.82, 2.24) is 0 Å². The quantitative estimate of drug-likeness (QED) is 0.610. The number of carbonyl (C=O) groups is 1. The van der Waals surface area contributed by atoms with Crippen molar-refractivity contribution in [3.63, 3.8) is 0 Å². The lowest BCUT2D eigenvalue weighted by atomic mass is 9.99. The zero-order valence-corrected chi connectivity index (χ0v) is 11.8. The van der Waals surface area contributed by atoms with Gasteiger partial charge in [0.25, 0.3) is 0 Å². The molecule has 0 radical (unpaired) electrons. The second-order valence-corrected chi connectivity index (χ2v) is 6.82. The van der Waals surface area contributed by atoms with E-state index in [0.29, 0.717) is 11.3 Å². The Kier molecular flexibility index (Phi) is 4.77. The molecule has 3 nitrogen and oxygen atoms in total. The summed E-state index contributed by atoms with van der Waals surface area (Å²) in [5.41, 5.74) is 0.994. The lowest BCUT2D eigenvalue weighted by Crippen LogP contribution is -2.01. The van der Waals surface area contributed by atoms with E-state index in [1.165, 1.54) is 18.0 Å². The summed E-state index contributed by atoms with van der Waals surface area (Å²) in [6, 6.07) is 5.26. The Morgan fingerprint density at radius 1 is 1.41 bits per heavy atom. The standard InChI is InChI=1S/C12H16O3S2/c1-9(6-7-13)10-4-5-12(17(3,14)15)11(8-10)16-2/h4-5,7-9H,6H2,1-3H3. The Hall–Kier alpha value is -0.810. The van der Waals surface area contributed by atoms with Gasteiger partial charge in [0.2, 0.25) is 0 Å². The van der Waals surface area contributed by atoms with Gasteiger partial charge in [0.15, 0.2) is 9.84 Å². The maximum atomic E-state index is 11.5. The molecule has 0 heterocycles. The number of thioether (sulfide) groups is 1. The first kappa shape index (κ1) is 14.3. The van der Waals surface area contributed by atoms with E-state index in [2.05, 4.69) is 0 Å². The van der Waals surface area contributed by atoms with Gasteiger partial charge in [-0.05, 0) is 29.9 Å². The van der Waals surface area contributed by atoms with E-state index >= 15 is 0 Å².